The lowest BCUT2D eigenvalue weighted by Crippen LogP contribution is -2.33. The molecule has 0 spiro atoms. The number of thioether (sulfide) groups is 1. The van der Waals surface area contributed by atoms with Gasteiger partial charge in [-0.25, -0.2) is 0 Å². The van der Waals surface area contributed by atoms with E-state index in [1.807, 2.05) is 16.7 Å². The summed E-state index contributed by atoms with van der Waals surface area (Å²) in [5.74, 6) is 1.01. The Morgan fingerprint density at radius 3 is 2.95 bits per heavy atom. The van der Waals surface area contributed by atoms with Gasteiger partial charge in [-0.15, -0.1) is 0 Å². The Morgan fingerprint density at radius 1 is 1.42 bits per heavy atom. The molecule has 1 aromatic rings. The van der Waals surface area contributed by atoms with Gasteiger partial charge < -0.3 is 4.90 Å². The summed E-state index contributed by atoms with van der Waals surface area (Å²) in [7, 11) is 0. The molecular weight excluding hydrogens is 256 g/mol. The molecule has 3 nitrogen and oxygen atoms in total. The van der Waals surface area contributed by atoms with E-state index in [1.54, 1.807) is 24.3 Å². The highest BCUT2D eigenvalue weighted by atomic mass is 32.2. The molecule has 0 unspecified atom stereocenters. The van der Waals surface area contributed by atoms with Crippen molar-refractivity contribution >= 4 is 17.7 Å². The minimum Gasteiger partial charge on any atom is -0.338 e. The van der Waals surface area contributed by atoms with Crippen LogP contribution in [0.15, 0.2) is 24.3 Å². The van der Waals surface area contributed by atoms with Crippen molar-refractivity contribution in [2.24, 2.45) is 0 Å². The molecule has 1 heterocycles. The molecule has 0 atom stereocenters. The molecule has 0 radical (unpaired) electrons. The van der Waals surface area contributed by atoms with Crippen LogP contribution in [0.3, 0.4) is 0 Å². The zero-order valence-corrected chi connectivity index (χ0v) is 12.2. The molecule has 0 aromatic heterocycles. The number of amides is 1. The lowest BCUT2D eigenvalue weighted by molar-refractivity contribution is 0.0764. The van der Waals surface area contributed by atoms with E-state index in [4.69, 9.17) is 5.26 Å². The zero-order valence-electron chi connectivity index (χ0n) is 11.3. The summed E-state index contributed by atoms with van der Waals surface area (Å²) in [4.78, 5) is 14.3. The van der Waals surface area contributed by atoms with Crippen LogP contribution in [0.5, 0.6) is 0 Å². The second kappa shape index (κ2) is 5.66. The van der Waals surface area contributed by atoms with Gasteiger partial charge >= 0.3 is 0 Å². The van der Waals surface area contributed by atoms with E-state index in [0.717, 1.165) is 25.3 Å². The molecule has 1 saturated heterocycles. The molecule has 0 saturated carbocycles. The van der Waals surface area contributed by atoms with E-state index < -0.39 is 0 Å². The van der Waals surface area contributed by atoms with Gasteiger partial charge in [0.1, 0.15) is 0 Å². The molecular formula is C15H18N2OS. The molecule has 1 aliphatic heterocycles. The second-order valence-electron chi connectivity index (χ2n) is 5.34. The molecule has 2 rings (SSSR count). The predicted molar refractivity (Wildman–Crippen MR) is 78.2 cm³/mol. The largest absolute Gasteiger partial charge is 0.338 e. The van der Waals surface area contributed by atoms with Crippen LogP contribution in [0.1, 0.15) is 36.2 Å². The fourth-order valence-electron chi connectivity index (χ4n) is 2.13. The van der Waals surface area contributed by atoms with Crippen LogP contribution in [-0.2, 0) is 0 Å². The van der Waals surface area contributed by atoms with Gasteiger partial charge in [0.05, 0.1) is 11.6 Å². The van der Waals surface area contributed by atoms with Crippen LogP contribution < -0.4 is 0 Å². The molecule has 100 valence electrons. The smallest absolute Gasteiger partial charge is 0.253 e. The average molecular weight is 274 g/mol. The third-order valence-electron chi connectivity index (χ3n) is 3.36. The van der Waals surface area contributed by atoms with E-state index in [0.29, 0.717) is 11.1 Å². The zero-order chi connectivity index (χ0) is 13.9. The maximum absolute atomic E-state index is 12.4. The number of nitriles is 1. The van der Waals surface area contributed by atoms with E-state index in [1.165, 1.54) is 0 Å². The molecule has 1 aromatic carbocycles. The second-order valence-corrected chi connectivity index (χ2v) is 7.15. The molecule has 19 heavy (non-hydrogen) atoms. The summed E-state index contributed by atoms with van der Waals surface area (Å²) in [6.07, 6.45) is 1.00. The van der Waals surface area contributed by atoms with E-state index >= 15 is 0 Å². The van der Waals surface area contributed by atoms with Gasteiger partial charge in [-0.3, -0.25) is 4.79 Å². The third-order valence-corrected chi connectivity index (χ3v) is 4.74. The normalized spacial score (nSPS) is 18.5. The van der Waals surface area contributed by atoms with Gasteiger partial charge in [0.25, 0.3) is 5.91 Å². The number of nitrogens with zero attached hydrogens (tertiary/aromatic N) is 2. The molecule has 1 aliphatic rings. The summed E-state index contributed by atoms with van der Waals surface area (Å²) in [6.45, 7) is 6.02. The number of rotatable bonds is 1. The molecule has 0 bridgehead atoms. The molecule has 1 amide bonds. The number of hydrogen-bond acceptors (Lipinski definition) is 3. The van der Waals surface area contributed by atoms with E-state index in [2.05, 4.69) is 19.9 Å². The lowest BCUT2D eigenvalue weighted by atomic mass is 10.1. The van der Waals surface area contributed by atoms with E-state index in [9.17, 15) is 4.79 Å². The Morgan fingerprint density at radius 2 is 2.21 bits per heavy atom. The first-order chi connectivity index (χ1) is 9.02. The minimum atomic E-state index is 0.0374. The summed E-state index contributed by atoms with van der Waals surface area (Å²) in [6, 6.07) is 9.02. The molecule has 1 fully saturated rings. The lowest BCUT2D eigenvalue weighted by Gasteiger charge is -2.22. The van der Waals surface area contributed by atoms with Crippen molar-refractivity contribution < 1.29 is 4.79 Å². The molecule has 0 N–H and O–H groups in total. The van der Waals surface area contributed by atoms with Crippen LogP contribution in [0.25, 0.3) is 0 Å². The monoisotopic (exact) mass is 274 g/mol. The van der Waals surface area contributed by atoms with Crippen molar-refractivity contribution in [1.82, 2.24) is 4.90 Å². The molecule has 0 aliphatic carbocycles. The SMILES string of the molecule is CC1(C)CCN(C(=O)c2cccc(C#N)c2)CCS1. The van der Waals surface area contributed by atoms with Crippen LogP contribution in [0, 0.1) is 11.3 Å². The Bertz CT molecular complexity index is 519. The van der Waals surface area contributed by atoms with Gasteiger partial charge in [-0.1, -0.05) is 19.9 Å². The Kier molecular flexibility index (Phi) is 4.16. The van der Waals surface area contributed by atoms with Crippen LogP contribution >= 0.6 is 11.8 Å². The summed E-state index contributed by atoms with van der Waals surface area (Å²) in [5.41, 5.74) is 1.15. The highest BCUT2D eigenvalue weighted by molar-refractivity contribution is 8.00. The van der Waals surface area contributed by atoms with Crippen LogP contribution in [0.2, 0.25) is 0 Å². The fraction of sp³-hybridized carbons (Fsp3) is 0.467. The van der Waals surface area contributed by atoms with Gasteiger partial charge in [-0.2, -0.15) is 17.0 Å². The van der Waals surface area contributed by atoms with E-state index in [-0.39, 0.29) is 10.7 Å². The quantitative estimate of drug-likeness (QED) is 0.791. The average Bonchev–Trinajstić information content (AvgIpc) is 2.59. The maximum atomic E-state index is 12.4. The maximum Gasteiger partial charge on any atom is 0.253 e. The summed E-state index contributed by atoms with van der Waals surface area (Å²) < 4.78 is 0.240. The minimum absolute atomic E-state index is 0.0374. The number of hydrogen-bond donors (Lipinski definition) is 0. The van der Waals surface area contributed by atoms with Crippen molar-refractivity contribution in [2.45, 2.75) is 25.0 Å². The highest BCUT2D eigenvalue weighted by Gasteiger charge is 2.26. The number of carbonyl (C=O) groups is 1. The van der Waals surface area contributed by atoms with Gasteiger partial charge in [0.2, 0.25) is 0 Å². The first-order valence-corrected chi connectivity index (χ1v) is 7.44. The number of benzene rings is 1. The Labute approximate surface area is 118 Å². The van der Waals surface area contributed by atoms with Crippen molar-refractivity contribution in [1.29, 1.82) is 5.26 Å². The third kappa shape index (κ3) is 3.51. The van der Waals surface area contributed by atoms with Crippen molar-refractivity contribution in [3.05, 3.63) is 35.4 Å². The highest BCUT2D eigenvalue weighted by Crippen LogP contribution is 2.31. The van der Waals surface area contributed by atoms with Crippen molar-refractivity contribution in [2.75, 3.05) is 18.8 Å². The fourth-order valence-corrected chi connectivity index (χ4v) is 3.23. The van der Waals surface area contributed by atoms with Crippen LogP contribution in [-0.4, -0.2) is 34.4 Å². The van der Waals surface area contributed by atoms with Crippen LogP contribution in [0.4, 0.5) is 0 Å². The Balaban J connectivity index is 2.13. The van der Waals surface area contributed by atoms with Crippen molar-refractivity contribution in [3.8, 4) is 6.07 Å². The molecule has 4 heteroatoms. The summed E-state index contributed by atoms with van der Waals surface area (Å²) >= 11 is 1.92. The Hall–Kier alpha value is -1.47. The predicted octanol–water partition coefficient (Wildman–Crippen LogP) is 2.92. The standard InChI is InChI=1S/C15H18N2OS/c1-15(2)6-7-17(8-9-19-15)14(18)13-5-3-4-12(10-13)11-16/h3-5,10H,6-9H2,1-2H3. The first kappa shape index (κ1) is 14.0. The topological polar surface area (TPSA) is 44.1 Å². The van der Waals surface area contributed by atoms with Gasteiger partial charge in [0, 0.05) is 29.2 Å². The number of carbonyl (C=O) groups excluding carboxylic acids is 1. The van der Waals surface area contributed by atoms with Gasteiger partial charge in [0.15, 0.2) is 0 Å². The summed E-state index contributed by atoms with van der Waals surface area (Å²) in [5, 5.41) is 8.89. The first-order valence-electron chi connectivity index (χ1n) is 6.45. The van der Waals surface area contributed by atoms with Crippen molar-refractivity contribution in [3.63, 3.8) is 0 Å². The van der Waals surface area contributed by atoms with Gasteiger partial charge in [-0.05, 0) is 24.6 Å².